The average molecular weight is 266 g/mol. The van der Waals surface area contributed by atoms with Gasteiger partial charge in [0, 0.05) is 12.7 Å². The van der Waals surface area contributed by atoms with Crippen LogP contribution >= 0.6 is 0 Å². The zero-order valence-corrected chi connectivity index (χ0v) is 11.8. The summed E-state index contributed by atoms with van der Waals surface area (Å²) in [5.41, 5.74) is 3.02. The van der Waals surface area contributed by atoms with E-state index in [0.717, 1.165) is 6.54 Å². The highest BCUT2D eigenvalue weighted by Crippen LogP contribution is 2.19. The lowest BCUT2D eigenvalue weighted by Crippen LogP contribution is -2.24. The third kappa shape index (κ3) is 3.30. The number of ether oxygens (including phenoxy) is 1. The third-order valence-electron chi connectivity index (χ3n) is 3.22. The van der Waals surface area contributed by atoms with E-state index in [2.05, 4.69) is 30.0 Å². The van der Waals surface area contributed by atoms with E-state index in [1.807, 2.05) is 37.4 Å². The molecule has 3 nitrogen and oxygen atoms in total. The Labute approximate surface area is 120 Å². The van der Waals surface area contributed by atoms with Gasteiger partial charge >= 0.3 is 0 Å². The molecule has 2 rings (SSSR count). The lowest BCUT2D eigenvalue weighted by atomic mass is 10.2. The Morgan fingerprint density at radius 3 is 2.55 bits per heavy atom. The summed E-state index contributed by atoms with van der Waals surface area (Å²) < 4.78 is 5.70. The standard InChI is InChI=1S/C17H18N2O/c1-14-7-3-5-9-16(14)19(2)11-12-20-17-10-6-4-8-15(17)13-18/h3-10H,11-12H2,1-2H3. The van der Waals surface area contributed by atoms with Crippen LogP contribution in [0.4, 0.5) is 5.69 Å². The van der Waals surface area contributed by atoms with E-state index in [1.54, 1.807) is 6.07 Å². The summed E-state index contributed by atoms with van der Waals surface area (Å²) in [5.74, 6) is 0.646. The van der Waals surface area contributed by atoms with Crippen LogP contribution in [0.3, 0.4) is 0 Å². The molecule has 2 aromatic carbocycles. The molecule has 0 heterocycles. The van der Waals surface area contributed by atoms with Gasteiger partial charge in [0.1, 0.15) is 18.4 Å². The maximum absolute atomic E-state index is 9.00. The lowest BCUT2D eigenvalue weighted by molar-refractivity contribution is 0.325. The molecule has 0 spiro atoms. The predicted octanol–water partition coefficient (Wildman–Crippen LogP) is 3.38. The first-order chi connectivity index (χ1) is 9.72. The molecule has 0 bridgehead atoms. The summed E-state index contributed by atoms with van der Waals surface area (Å²) in [6.45, 7) is 3.41. The van der Waals surface area contributed by atoms with Crippen LogP contribution in [0, 0.1) is 18.3 Å². The Morgan fingerprint density at radius 2 is 1.80 bits per heavy atom. The van der Waals surface area contributed by atoms with Gasteiger partial charge in [0.25, 0.3) is 0 Å². The molecule has 0 saturated heterocycles. The van der Waals surface area contributed by atoms with Gasteiger partial charge < -0.3 is 9.64 Å². The normalized spacial score (nSPS) is 9.85. The molecule has 2 aromatic rings. The summed E-state index contributed by atoms with van der Waals surface area (Å²) in [6, 6.07) is 17.7. The van der Waals surface area contributed by atoms with E-state index in [4.69, 9.17) is 10.00 Å². The van der Waals surface area contributed by atoms with Crippen molar-refractivity contribution >= 4 is 5.69 Å². The van der Waals surface area contributed by atoms with Crippen LogP contribution in [-0.2, 0) is 0 Å². The molecule has 0 atom stereocenters. The minimum Gasteiger partial charge on any atom is -0.490 e. The first-order valence-corrected chi connectivity index (χ1v) is 6.61. The summed E-state index contributed by atoms with van der Waals surface area (Å²) in [7, 11) is 2.04. The first kappa shape index (κ1) is 14.0. The Hall–Kier alpha value is -2.47. The van der Waals surface area contributed by atoms with Gasteiger partial charge in [0.05, 0.1) is 12.1 Å². The zero-order chi connectivity index (χ0) is 14.4. The Kier molecular flexibility index (Phi) is 4.62. The smallest absolute Gasteiger partial charge is 0.137 e. The van der Waals surface area contributed by atoms with Crippen LogP contribution in [0.5, 0.6) is 5.75 Å². The van der Waals surface area contributed by atoms with Crippen LogP contribution < -0.4 is 9.64 Å². The van der Waals surface area contributed by atoms with Gasteiger partial charge in [-0.2, -0.15) is 5.26 Å². The highest BCUT2D eigenvalue weighted by molar-refractivity contribution is 5.52. The fraction of sp³-hybridized carbons (Fsp3) is 0.235. The lowest BCUT2D eigenvalue weighted by Gasteiger charge is -2.21. The van der Waals surface area contributed by atoms with Crippen molar-refractivity contribution in [3.05, 3.63) is 59.7 Å². The van der Waals surface area contributed by atoms with Crippen molar-refractivity contribution in [1.29, 1.82) is 5.26 Å². The van der Waals surface area contributed by atoms with Crippen molar-refractivity contribution in [2.75, 3.05) is 25.1 Å². The van der Waals surface area contributed by atoms with E-state index in [-0.39, 0.29) is 0 Å². The molecule has 0 aliphatic carbocycles. The number of anilines is 1. The number of hydrogen-bond acceptors (Lipinski definition) is 3. The van der Waals surface area contributed by atoms with E-state index in [1.165, 1.54) is 11.3 Å². The molecule has 0 unspecified atom stereocenters. The number of rotatable bonds is 5. The van der Waals surface area contributed by atoms with Crippen molar-refractivity contribution in [3.63, 3.8) is 0 Å². The molecule has 0 fully saturated rings. The van der Waals surface area contributed by atoms with E-state index >= 15 is 0 Å². The van der Waals surface area contributed by atoms with Gasteiger partial charge in [-0.15, -0.1) is 0 Å². The van der Waals surface area contributed by atoms with Gasteiger partial charge in [-0.05, 0) is 30.7 Å². The van der Waals surface area contributed by atoms with E-state index < -0.39 is 0 Å². The maximum Gasteiger partial charge on any atom is 0.137 e. The fourth-order valence-corrected chi connectivity index (χ4v) is 2.09. The molecule has 102 valence electrons. The van der Waals surface area contributed by atoms with Crippen LogP contribution in [0.15, 0.2) is 48.5 Å². The summed E-state index contributed by atoms with van der Waals surface area (Å²) in [4.78, 5) is 2.16. The molecule has 0 aliphatic rings. The second kappa shape index (κ2) is 6.63. The molecule has 0 aliphatic heterocycles. The second-order valence-electron chi connectivity index (χ2n) is 4.66. The quantitative estimate of drug-likeness (QED) is 0.832. The van der Waals surface area contributed by atoms with Crippen LogP contribution in [0.25, 0.3) is 0 Å². The average Bonchev–Trinajstić information content (AvgIpc) is 2.48. The largest absolute Gasteiger partial charge is 0.490 e. The van der Waals surface area contributed by atoms with E-state index in [0.29, 0.717) is 17.9 Å². The molecule has 3 heteroatoms. The SMILES string of the molecule is Cc1ccccc1N(C)CCOc1ccccc1C#N. The summed E-state index contributed by atoms with van der Waals surface area (Å²) in [5, 5.41) is 9.00. The monoisotopic (exact) mass is 266 g/mol. The van der Waals surface area contributed by atoms with Gasteiger partial charge in [0.2, 0.25) is 0 Å². The Morgan fingerprint density at radius 1 is 1.10 bits per heavy atom. The minimum absolute atomic E-state index is 0.545. The molecule has 0 aromatic heterocycles. The Balaban J connectivity index is 1.93. The number of nitriles is 1. The van der Waals surface area contributed by atoms with Gasteiger partial charge in [-0.1, -0.05) is 30.3 Å². The van der Waals surface area contributed by atoms with Gasteiger partial charge in [-0.25, -0.2) is 0 Å². The van der Waals surface area contributed by atoms with Crippen molar-refractivity contribution in [2.45, 2.75) is 6.92 Å². The van der Waals surface area contributed by atoms with Crippen molar-refractivity contribution < 1.29 is 4.74 Å². The van der Waals surface area contributed by atoms with Crippen molar-refractivity contribution in [1.82, 2.24) is 0 Å². The fourth-order valence-electron chi connectivity index (χ4n) is 2.09. The molecule has 20 heavy (non-hydrogen) atoms. The minimum atomic E-state index is 0.545. The van der Waals surface area contributed by atoms with Crippen molar-refractivity contribution in [3.8, 4) is 11.8 Å². The van der Waals surface area contributed by atoms with Crippen LogP contribution in [0.1, 0.15) is 11.1 Å². The topological polar surface area (TPSA) is 36.3 Å². The first-order valence-electron chi connectivity index (χ1n) is 6.61. The molecule has 0 amide bonds. The molecular weight excluding hydrogens is 248 g/mol. The second-order valence-corrected chi connectivity index (χ2v) is 4.66. The number of likely N-dealkylation sites (N-methyl/N-ethyl adjacent to an activating group) is 1. The van der Waals surface area contributed by atoms with Gasteiger partial charge in [-0.3, -0.25) is 0 Å². The van der Waals surface area contributed by atoms with Gasteiger partial charge in [0.15, 0.2) is 0 Å². The zero-order valence-electron chi connectivity index (χ0n) is 11.8. The number of aryl methyl sites for hydroxylation is 1. The maximum atomic E-state index is 9.00. The van der Waals surface area contributed by atoms with Crippen LogP contribution in [-0.4, -0.2) is 20.2 Å². The summed E-state index contributed by atoms with van der Waals surface area (Å²) in [6.07, 6.45) is 0. The van der Waals surface area contributed by atoms with Crippen LogP contribution in [0.2, 0.25) is 0 Å². The molecule has 0 radical (unpaired) electrons. The highest BCUT2D eigenvalue weighted by Gasteiger charge is 2.05. The molecule has 0 N–H and O–H groups in total. The number of hydrogen-bond donors (Lipinski definition) is 0. The Bertz CT molecular complexity index is 616. The van der Waals surface area contributed by atoms with Crippen molar-refractivity contribution in [2.24, 2.45) is 0 Å². The van der Waals surface area contributed by atoms with E-state index in [9.17, 15) is 0 Å². The molecular formula is C17H18N2O. The number of nitrogens with zero attached hydrogens (tertiary/aromatic N) is 2. The predicted molar refractivity (Wildman–Crippen MR) is 81.1 cm³/mol. The number of para-hydroxylation sites is 2. The summed E-state index contributed by atoms with van der Waals surface area (Å²) >= 11 is 0. The molecule has 0 saturated carbocycles. The highest BCUT2D eigenvalue weighted by atomic mass is 16.5. The third-order valence-corrected chi connectivity index (χ3v) is 3.22. The number of benzene rings is 2.